The van der Waals surface area contributed by atoms with Gasteiger partial charge < -0.3 is 5.11 Å². The van der Waals surface area contributed by atoms with E-state index in [9.17, 15) is 9.90 Å². The van der Waals surface area contributed by atoms with Crippen LogP contribution in [-0.2, 0) is 0 Å². The van der Waals surface area contributed by atoms with Crippen molar-refractivity contribution in [3.63, 3.8) is 0 Å². The Hall–Kier alpha value is -2.28. The molecule has 17 heavy (non-hydrogen) atoms. The van der Waals surface area contributed by atoms with Gasteiger partial charge in [-0.05, 0) is 29.9 Å². The Morgan fingerprint density at radius 2 is 2.35 bits per heavy atom. The van der Waals surface area contributed by atoms with Gasteiger partial charge in [-0.3, -0.25) is 9.89 Å². The van der Waals surface area contributed by atoms with Gasteiger partial charge in [-0.15, -0.1) is 0 Å². The largest absolute Gasteiger partial charge is 0.508 e. The average Bonchev–Trinajstić information content (AvgIpc) is 2.28. The van der Waals surface area contributed by atoms with Crippen LogP contribution in [0.1, 0.15) is 5.56 Å². The van der Waals surface area contributed by atoms with Crippen molar-refractivity contribution >= 4 is 18.4 Å². The van der Waals surface area contributed by atoms with E-state index in [1.54, 1.807) is 18.2 Å². The second kappa shape index (κ2) is 4.71. The highest BCUT2D eigenvalue weighted by atomic mass is 32.1. The van der Waals surface area contributed by atoms with Crippen molar-refractivity contribution in [2.45, 2.75) is 0 Å². The molecule has 0 saturated carbocycles. The summed E-state index contributed by atoms with van der Waals surface area (Å²) in [6.45, 7) is 0. The summed E-state index contributed by atoms with van der Waals surface area (Å²) in [4.78, 5) is 11.4. The number of nitrogens with one attached hydrogen (secondary N) is 1. The maximum absolute atomic E-state index is 11.4. The van der Waals surface area contributed by atoms with E-state index < -0.39 is 5.56 Å². The molecule has 0 saturated heterocycles. The Kier molecular flexibility index (Phi) is 3.10. The van der Waals surface area contributed by atoms with Gasteiger partial charge in [0.05, 0.1) is 6.21 Å². The topological polar surface area (TPSA) is 83.3 Å². The molecular weight excluding hydrogens is 240 g/mol. The van der Waals surface area contributed by atoms with Gasteiger partial charge in [0.15, 0.2) is 0 Å². The van der Waals surface area contributed by atoms with Gasteiger partial charge in [0.2, 0.25) is 4.77 Å². The van der Waals surface area contributed by atoms with Gasteiger partial charge >= 0.3 is 0 Å². The Balaban J connectivity index is 2.39. The third kappa shape index (κ3) is 2.64. The zero-order valence-electron chi connectivity index (χ0n) is 8.57. The third-order valence-electron chi connectivity index (χ3n) is 1.93. The van der Waals surface area contributed by atoms with Gasteiger partial charge in [0, 0.05) is 0 Å². The van der Waals surface area contributed by atoms with E-state index in [4.69, 9.17) is 12.2 Å². The van der Waals surface area contributed by atoms with Crippen LogP contribution in [0.4, 0.5) is 0 Å². The molecule has 0 unspecified atom stereocenters. The van der Waals surface area contributed by atoms with E-state index in [1.807, 2.05) is 0 Å². The number of aromatic hydroxyl groups is 1. The summed E-state index contributed by atoms with van der Waals surface area (Å²) in [6.07, 6.45) is 2.50. The highest BCUT2D eigenvalue weighted by molar-refractivity contribution is 7.71. The van der Waals surface area contributed by atoms with Gasteiger partial charge in [-0.25, -0.2) is 0 Å². The quantitative estimate of drug-likeness (QED) is 0.610. The molecule has 2 aromatic rings. The first kappa shape index (κ1) is 11.2. The molecule has 1 aromatic heterocycles. The van der Waals surface area contributed by atoms with E-state index in [1.165, 1.54) is 12.3 Å². The minimum Gasteiger partial charge on any atom is -0.508 e. The molecule has 0 atom stereocenters. The molecule has 0 radical (unpaired) electrons. The fourth-order valence-electron chi connectivity index (χ4n) is 1.18. The molecule has 1 aromatic carbocycles. The number of aromatic nitrogens is 3. The molecule has 2 N–H and O–H groups in total. The van der Waals surface area contributed by atoms with E-state index in [-0.39, 0.29) is 10.5 Å². The monoisotopic (exact) mass is 248 g/mol. The molecule has 7 heteroatoms. The minimum atomic E-state index is -0.426. The molecule has 0 aliphatic carbocycles. The van der Waals surface area contributed by atoms with Crippen molar-refractivity contribution in [3.8, 4) is 5.75 Å². The van der Waals surface area contributed by atoms with Crippen LogP contribution in [0.2, 0.25) is 0 Å². The number of hydrogen-bond acceptors (Lipinski definition) is 5. The van der Waals surface area contributed by atoms with Crippen LogP contribution in [0.5, 0.6) is 5.75 Å². The summed E-state index contributed by atoms with van der Waals surface area (Å²) in [6, 6.07) is 6.47. The molecule has 2 rings (SSSR count). The average molecular weight is 248 g/mol. The van der Waals surface area contributed by atoms with E-state index in [0.717, 1.165) is 10.9 Å². The first-order valence-corrected chi connectivity index (χ1v) is 5.08. The molecule has 86 valence electrons. The van der Waals surface area contributed by atoms with Crippen molar-refractivity contribution in [3.05, 3.63) is 51.2 Å². The molecule has 1 heterocycles. The molecule has 0 bridgehead atoms. The van der Waals surface area contributed by atoms with Crippen molar-refractivity contribution in [1.29, 1.82) is 0 Å². The van der Waals surface area contributed by atoms with Gasteiger partial charge in [0.1, 0.15) is 11.9 Å². The summed E-state index contributed by atoms with van der Waals surface area (Å²) in [5, 5.41) is 19.2. The van der Waals surface area contributed by atoms with Crippen molar-refractivity contribution in [2.75, 3.05) is 0 Å². The van der Waals surface area contributed by atoms with E-state index in [2.05, 4.69) is 15.3 Å². The summed E-state index contributed by atoms with van der Waals surface area (Å²) in [5.74, 6) is 0.126. The highest BCUT2D eigenvalue weighted by Crippen LogP contribution is 2.08. The fraction of sp³-hybridized carbons (Fsp3) is 0. The van der Waals surface area contributed by atoms with Gasteiger partial charge in [-0.1, -0.05) is 12.1 Å². The van der Waals surface area contributed by atoms with E-state index in [0.29, 0.717) is 5.56 Å². The lowest BCUT2D eigenvalue weighted by Crippen LogP contribution is -2.18. The first-order valence-electron chi connectivity index (χ1n) is 4.67. The SMILES string of the molecule is O=c1cn[nH]c(=S)n1/N=C\c1cccc(O)c1. The number of phenolic OH excluding ortho intramolecular Hbond substituents is 1. The maximum Gasteiger partial charge on any atom is 0.293 e. The van der Waals surface area contributed by atoms with Crippen LogP contribution in [0.15, 0.2) is 40.4 Å². The summed E-state index contributed by atoms with van der Waals surface area (Å²) in [7, 11) is 0. The number of aromatic amines is 1. The van der Waals surface area contributed by atoms with Crippen molar-refractivity contribution in [1.82, 2.24) is 14.9 Å². The summed E-state index contributed by atoms with van der Waals surface area (Å²) in [5.41, 5.74) is 0.230. The molecular formula is C10H8N4O2S. The van der Waals surface area contributed by atoms with Crippen LogP contribution in [0, 0.1) is 4.77 Å². The van der Waals surface area contributed by atoms with Crippen molar-refractivity contribution in [2.24, 2.45) is 5.10 Å². The van der Waals surface area contributed by atoms with Gasteiger partial charge in [0.25, 0.3) is 5.56 Å². The normalized spacial score (nSPS) is 10.8. The number of nitrogens with zero attached hydrogens (tertiary/aromatic N) is 3. The van der Waals surface area contributed by atoms with Crippen LogP contribution in [0.25, 0.3) is 0 Å². The molecule has 0 spiro atoms. The minimum absolute atomic E-state index is 0.105. The molecule has 0 fully saturated rings. The third-order valence-corrected chi connectivity index (χ3v) is 2.19. The lowest BCUT2D eigenvalue weighted by Gasteiger charge is -1.97. The lowest BCUT2D eigenvalue weighted by atomic mass is 10.2. The zero-order chi connectivity index (χ0) is 12.3. The number of hydrogen-bond donors (Lipinski definition) is 2. The highest BCUT2D eigenvalue weighted by Gasteiger charge is 1.95. The summed E-state index contributed by atoms with van der Waals surface area (Å²) >= 11 is 4.86. The predicted octanol–water partition coefficient (Wildman–Crippen LogP) is 0.889. The molecule has 0 aliphatic heterocycles. The number of rotatable bonds is 2. The smallest absolute Gasteiger partial charge is 0.293 e. The van der Waals surface area contributed by atoms with Crippen molar-refractivity contribution < 1.29 is 5.11 Å². The number of phenols is 1. The number of benzene rings is 1. The Morgan fingerprint density at radius 1 is 1.53 bits per heavy atom. The second-order valence-electron chi connectivity index (χ2n) is 3.16. The molecule has 0 amide bonds. The molecule has 6 nitrogen and oxygen atoms in total. The van der Waals surface area contributed by atoms with Gasteiger partial charge in [-0.2, -0.15) is 14.9 Å². The zero-order valence-corrected chi connectivity index (χ0v) is 9.39. The summed E-state index contributed by atoms with van der Waals surface area (Å²) < 4.78 is 1.11. The Labute approximate surface area is 101 Å². The first-order chi connectivity index (χ1) is 8.16. The van der Waals surface area contributed by atoms with Crippen LogP contribution in [0.3, 0.4) is 0 Å². The molecule has 0 aliphatic rings. The van der Waals surface area contributed by atoms with Crippen LogP contribution in [-0.4, -0.2) is 26.2 Å². The van der Waals surface area contributed by atoms with Crippen LogP contribution < -0.4 is 5.56 Å². The Bertz CT molecular complexity index is 646. The maximum atomic E-state index is 11.4. The lowest BCUT2D eigenvalue weighted by molar-refractivity contribution is 0.475. The van der Waals surface area contributed by atoms with E-state index >= 15 is 0 Å². The second-order valence-corrected chi connectivity index (χ2v) is 3.55. The van der Waals surface area contributed by atoms with Crippen LogP contribution >= 0.6 is 12.2 Å². The standard InChI is InChI=1S/C10H8N4O2S/c15-8-3-1-2-7(4-8)5-12-14-9(16)6-11-13-10(14)17/h1-6,15H,(H,13,17)/b12-5-. The fourth-order valence-corrected chi connectivity index (χ4v) is 1.37. The predicted molar refractivity (Wildman–Crippen MR) is 64.8 cm³/mol. The Morgan fingerprint density at radius 3 is 3.06 bits per heavy atom. The number of H-pyrrole nitrogens is 1.